The summed E-state index contributed by atoms with van der Waals surface area (Å²) in [4.78, 5) is 16.1. The van der Waals surface area contributed by atoms with E-state index in [1.165, 1.54) is 5.56 Å². The molecule has 0 saturated carbocycles. The molecule has 2 aromatic heterocycles. The third-order valence-corrected chi connectivity index (χ3v) is 6.16. The molecule has 8 nitrogen and oxygen atoms in total. The van der Waals surface area contributed by atoms with Gasteiger partial charge in [0.2, 0.25) is 0 Å². The van der Waals surface area contributed by atoms with Crippen LogP contribution in [0.25, 0.3) is 22.5 Å². The van der Waals surface area contributed by atoms with Crippen molar-refractivity contribution in [3.63, 3.8) is 0 Å². The standard InChI is InChI=1S/C28H35N7O/c1-21(30-13-8-14-34(3)15-16-36-4)24-11-12-26-25(17-24)31-20-35(26)28-19-29-18-27(33-28)32-22(2)23-9-6-5-7-10-23/h5-7,9-12,17-20,22,30H,1,8,13-16H2,2-4H3,(H,32,33). The second-order valence-corrected chi connectivity index (χ2v) is 8.91. The van der Waals surface area contributed by atoms with Gasteiger partial charge in [-0.3, -0.25) is 9.55 Å². The van der Waals surface area contributed by atoms with Crippen LogP contribution >= 0.6 is 0 Å². The summed E-state index contributed by atoms with van der Waals surface area (Å²) < 4.78 is 7.08. The zero-order chi connectivity index (χ0) is 25.3. The number of benzene rings is 2. The highest BCUT2D eigenvalue weighted by molar-refractivity contribution is 5.81. The summed E-state index contributed by atoms with van der Waals surface area (Å²) in [5, 5.41) is 6.87. The largest absolute Gasteiger partial charge is 0.385 e. The summed E-state index contributed by atoms with van der Waals surface area (Å²) in [6.07, 6.45) is 6.31. The van der Waals surface area contributed by atoms with Crippen molar-refractivity contribution in [1.82, 2.24) is 29.7 Å². The number of hydrogen-bond donors (Lipinski definition) is 2. The van der Waals surface area contributed by atoms with Crippen LogP contribution in [0.3, 0.4) is 0 Å². The first kappa shape index (κ1) is 25.3. The Kier molecular flexibility index (Phi) is 8.65. The van der Waals surface area contributed by atoms with E-state index in [0.29, 0.717) is 11.6 Å². The maximum atomic E-state index is 5.13. The van der Waals surface area contributed by atoms with E-state index in [9.17, 15) is 0 Å². The zero-order valence-corrected chi connectivity index (χ0v) is 21.3. The van der Waals surface area contributed by atoms with Crippen molar-refractivity contribution < 1.29 is 4.74 Å². The summed E-state index contributed by atoms with van der Waals surface area (Å²) >= 11 is 0. The van der Waals surface area contributed by atoms with Gasteiger partial charge in [-0.25, -0.2) is 9.97 Å². The summed E-state index contributed by atoms with van der Waals surface area (Å²) in [5.74, 6) is 1.43. The summed E-state index contributed by atoms with van der Waals surface area (Å²) in [5.41, 5.74) is 4.96. The van der Waals surface area contributed by atoms with Crippen LogP contribution in [0.4, 0.5) is 5.82 Å². The molecule has 188 valence electrons. The minimum atomic E-state index is 0.113. The smallest absolute Gasteiger partial charge is 0.159 e. The Morgan fingerprint density at radius 2 is 1.97 bits per heavy atom. The van der Waals surface area contributed by atoms with E-state index in [4.69, 9.17) is 9.72 Å². The van der Waals surface area contributed by atoms with Crippen LogP contribution in [0, 0.1) is 0 Å². The minimum absolute atomic E-state index is 0.113. The SMILES string of the molecule is C=C(NCCCN(C)CCOC)c1ccc2c(c1)ncn2-c1cncc(NC(C)c2ccccc2)n1. The predicted molar refractivity (Wildman–Crippen MR) is 146 cm³/mol. The van der Waals surface area contributed by atoms with Gasteiger partial charge in [0.05, 0.1) is 30.0 Å². The topological polar surface area (TPSA) is 80.1 Å². The molecule has 0 bridgehead atoms. The number of rotatable bonds is 13. The Morgan fingerprint density at radius 3 is 2.78 bits per heavy atom. The Morgan fingerprint density at radius 1 is 1.14 bits per heavy atom. The summed E-state index contributed by atoms with van der Waals surface area (Å²) in [6, 6.07) is 16.6. The third kappa shape index (κ3) is 6.47. The molecule has 2 heterocycles. The van der Waals surface area contributed by atoms with Crippen LogP contribution in [-0.4, -0.2) is 64.8 Å². The van der Waals surface area contributed by atoms with Gasteiger partial charge in [-0.15, -0.1) is 0 Å². The number of aromatic nitrogens is 4. The van der Waals surface area contributed by atoms with Crippen LogP contribution < -0.4 is 10.6 Å². The van der Waals surface area contributed by atoms with E-state index in [1.54, 1.807) is 25.8 Å². The van der Waals surface area contributed by atoms with E-state index in [2.05, 4.69) is 76.4 Å². The van der Waals surface area contributed by atoms with Crippen molar-refractivity contribution in [2.75, 3.05) is 45.7 Å². The Labute approximate surface area is 213 Å². The maximum absolute atomic E-state index is 5.13. The molecule has 36 heavy (non-hydrogen) atoms. The van der Waals surface area contributed by atoms with Gasteiger partial charge in [-0.1, -0.05) is 43.0 Å². The van der Waals surface area contributed by atoms with Crippen molar-refractivity contribution in [2.45, 2.75) is 19.4 Å². The quantitative estimate of drug-likeness (QED) is 0.270. The van der Waals surface area contributed by atoms with Gasteiger partial charge < -0.3 is 20.3 Å². The highest BCUT2D eigenvalue weighted by Gasteiger charge is 2.11. The molecule has 0 saturated heterocycles. The Hall–Kier alpha value is -3.75. The number of nitrogens with zero attached hydrogens (tertiary/aromatic N) is 5. The van der Waals surface area contributed by atoms with Crippen molar-refractivity contribution in [1.29, 1.82) is 0 Å². The first-order chi connectivity index (χ1) is 17.5. The first-order valence-corrected chi connectivity index (χ1v) is 12.3. The summed E-state index contributed by atoms with van der Waals surface area (Å²) in [7, 11) is 3.84. The molecule has 4 aromatic rings. The molecule has 0 fully saturated rings. The number of ether oxygens (including phenoxy) is 1. The third-order valence-electron chi connectivity index (χ3n) is 6.16. The van der Waals surface area contributed by atoms with Crippen LogP contribution in [0.2, 0.25) is 0 Å². The van der Waals surface area contributed by atoms with Crippen molar-refractivity contribution in [3.05, 3.63) is 85.0 Å². The number of likely N-dealkylation sites (N-methyl/N-ethyl adjacent to an activating group) is 1. The number of hydrogen-bond acceptors (Lipinski definition) is 7. The molecule has 4 rings (SSSR count). The van der Waals surface area contributed by atoms with Crippen molar-refractivity contribution >= 4 is 22.5 Å². The lowest BCUT2D eigenvalue weighted by Crippen LogP contribution is -2.26. The van der Waals surface area contributed by atoms with E-state index in [-0.39, 0.29) is 6.04 Å². The first-order valence-electron chi connectivity index (χ1n) is 12.3. The molecule has 1 atom stereocenters. The molecular weight excluding hydrogens is 450 g/mol. The average molecular weight is 486 g/mol. The summed E-state index contributed by atoms with van der Waals surface area (Å²) in [6.45, 7) is 9.88. The second kappa shape index (κ2) is 12.3. The lowest BCUT2D eigenvalue weighted by atomic mass is 10.1. The Balaban J connectivity index is 1.40. The van der Waals surface area contributed by atoms with Crippen LogP contribution in [0.5, 0.6) is 0 Å². The molecule has 0 aliphatic heterocycles. The van der Waals surface area contributed by atoms with Gasteiger partial charge in [-0.2, -0.15) is 0 Å². The number of methoxy groups -OCH3 is 1. The fourth-order valence-corrected chi connectivity index (χ4v) is 4.02. The number of imidazole rings is 1. The van der Waals surface area contributed by atoms with Crippen LogP contribution in [0.1, 0.15) is 30.5 Å². The number of anilines is 1. The number of nitrogens with one attached hydrogen (secondary N) is 2. The molecule has 2 aromatic carbocycles. The van der Waals surface area contributed by atoms with Crippen molar-refractivity contribution in [3.8, 4) is 5.82 Å². The minimum Gasteiger partial charge on any atom is -0.385 e. The molecule has 0 spiro atoms. The van der Waals surface area contributed by atoms with Gasteiger partial charge in [0.25, 0.3) is 0 Å². The van der Waals surface area contributed by atoms with Crippen molar-refractivity contribution in [2.24, 2.45) is 0 Å². The number of fused-ring (bicyclic) bond motifs is 1. The van der Waals surface area contributed by atoms with E-state index in [0.717, 1.165) is 55.0 Å². The molecule has 1 unspecified atom stereocenters. The molecule has 0 aliphatic carbocycles. The highest BCUT2D eigenvalue weighted by atomic mass is 16.5. The monoisotopic (exact) mass is 485 g/mol. The average Bonchev–Trinajstić information content (AvgIpc) is 3.34. The second-order valence-electron chi connectivity index (χ2n) is 8.91. The fourth-order valence-electron chi connectivity index (χ4n) is 4.02. The van der Waals surface area contributed by atoms with Gasteiger partial charge in [0.1, 0.15) is 12.1 Å². The maximum Gasteiger partial charge on any atom is 0.159 e. The van der Waals surface area contributed by atoms with E-state index in [1.807, 2.05) is 22.8 Å². The normalized spacial score (nSPS) is 12.1. The lowest BCUT2D eigenvalue weighted by Gasteiger charge is -2.16. The molecule has 8 heteroatoms. The van der Waals surface area contributed by atoms with Gasteiger partial charge in [-0.05, 0) is 50.2 Å². The van der Waals surface area contributed by atoms with E-state index >= 15 is 0 Å². The van der Waals surface area contributed by atoms with Crippen LogP contribution in [-0.2, 0) is 4.74 Å². The molecular formula is C28H35N7O. The molecule has 0 radical (unpaired) electrons. The van der Waals surface area contributed by atoms with Gasteiger partial charge in [0.15, 0.2) is 5.82 Å². The fraction of sp³-hybridized carbons (Fsp3) is 0.321. The highest BCUT2D eigenvalue weighted by Crippen LogP contribution is 2.22. The van der Waals surface area contributed by atoms with Crippen LogP contribution in [0.15, 0.2) is 73.8 Å². The lowest BCUT2D eigenvalue weighted by molar-refractivity contribution is 0.161. The zero-order valence-electron chi connectivity index (χ0n) is 21.3. The molecule has 2 N–H and O–H groups in total. The predicted octanol–water partition coefficient (Wildman–Crippen LogP) is 4.52. The van der Waals surface area contributed by atoms with Gasteiger partial charge in [0, 0.05) is 31.9 Å². The Bertz CT molecular complexity index is 1270. The van der Waals surface area contributed by atoms with E-state index < -0.39 is 0 Å². The molecule has 0 amide bonds. The van der Waals surface area contributed by atoms with Gasteiger partial charge >= 0.3 is 0 Å². The molecule has 0 aliphatic rings.